The van der Waals surface area contributed by atoms with Gasteiger partial charge in [0.25, 0.3) is 15.9 Å². The van der Waals surface area contributed by atoms with Crippen molar-refractivity contribution in [3.63, 3.8) is 0 Å². The van der Waals surface area contributed by atoms with E-state index in [4.69, 9.17) is 5.73 Å². The van der Waals surface area contributed by atoms with Gasteiger partial charge in [-0.3, -0.25) is 9.78 Å². The Kier molecular flexibility index (Phi) is 3.45. The van der Waals surface area contributed by atoms with Crippen molar-refractivity contribution >= 4 is 26.8 Å². The number of primary amides is 1. The zero-order valence-corrected chi connectivity index (χ0v) is 13.5. The predicted molar refractivity (Wildman–Crippen MR) is 86.8 cm³/mol. The number of nitrogens with two attached hydrogens (primary N) is 1. The Morgan fingerprint density at radius 2 is 1.91 bits per heavy atom. The summed E-state index contributed by atoms with van der Waals surface area (Å²) >= 11 is 0. The van der Waals surface area contributed by atoms with Gasteiger partial charge in [-0.2, -0.15) is 0 Å². The van der Waals surface area contributed by atoms with Crippen LogP contribution in [0.1, 0.15) is 21.6 Å². The van der Waals surface area contributed by atoms with Crippen molar-refractivity contribution in [1.82, 2.24) is 8.96 Å². The molecule has 0 saturated heterocycles. The van der Waals surface area contributed by atoms with E-state index in [1.807, 2.05) is 13.0 Å². The molecule has 0 spiro atoms. The Morgan fingerprint density at radius 3 is 2.52 bits per heavy atom. The third-order valence-electron chi connectivity index (χ3n) is 3.81. The summed E-state index contributed by atoms with van der Waals surface area (Å²) < 4.78 is 27.1. The van der Waals surface area contributed by atoms with E-state index in [0.717, 1.165) is 9.54 Å². The molecule has 0 aliphatic carbocycles. The van der Waals surface area contributed by atoms with Crippen molar-refractivity contribution in [3.8, 4) is 0 Å². The minimum Gasteiger partial charge on any atom is -0.366 e. The van der Waals surface area contributed by atoms with Crippen LogP contribution >= 0.6 is 0 Å². The first-order chi connectivity index (χ1) is 10.9. The van der Waals surface area contributed by atoms with Crippen LogP contribution in [0.2, 0.25) is 0 Å². The monoisotopic (exact) mass is 329 g/mol. The second kappa shape index (κ2) is 5.20. The Morgan fingerprint density at radius 1 is 1.17 bits per heavy atom. The molecule has 1 aromatic carbocycles. The molecule has 118 valence electrons. The average Bonchev–Trinajstić information content (AvgIpc) is 2.82. The lowest BCUT2D eigenvalue weighted by Crippen LogP contribution is -2.17. The third kappa shape index (κ3) is 2.20. The molecule has 0 unspecified atom stereocenters. The number of pyridine rings is 1. The van der Waals surface area contributed by atoms with E-state index in [2.05, 4.69) is 4.98 Å². The van der Waals surface area contributed by atoms with Crippen molar-refractivity contribution in [2.75, 3.05) is 0 Å². The Balaban J connectivity index is 2.47. The number of aromatic nitrogens is 2. The topological polar surface area (TPSA) is 95.0 Å². The van der Waals surface area contributed by atoms with Crippen LogP contribution in [0.5, 0.6) is 0 Å². The summed E-state index contributed by atoms with van der Waals surface area (Å²) in [4.78, 5) is 15.8. The molecule has 3 rings (SSSR count). The van der Waals surface area contributed by atoms with Crippen LogP contribution in [0.25, 0.3) is 10.9 Å². The Hall–Kier alpha value is -2.67. The van der Waals surface area contributed by atoms with Gasteiger partial charge in [0.15, 0.2) is 0 Å². The standard InChI is InChI=1S/C16H15N3O3S/c1-10-5-3-7-13-14(10)15(16(17)20)11(2)19(13)23(21,22)12-6-4-8-18-9-12/h3-9H,1-2H3,(H2,17,20). The van der Waals surface area contributed by atoms with Gasteiger partial charge in [-0.15, -0.1) is 0 Å². The normalized spacial score (nSPS) is 11.7. The van der Waals surface area contributed by atoms with E-state index in [9.17, 15) is 13.2 Å². The highest BCUT2D eigenvalue weighted by molar-refractivity contribution is 7.90. The first kappa shape index (κ1) is 15.2. The van der Waals surface area contributed by atoms with Gasteiger partial charge in [-0.05, 0) is 37.6 Å². The van der Waals surface area contributed by atoms with Crippen LogP contribution in [0.15, 0.2) is 47.6 Å². The van der Waals surface area contributed by atoms with Crippen LogP contribution in [-0.2, 0) is 10.0 Å². The van der Waals surface area contributed by atoms with Crippen LogP contribution in [0.3, 0.4) is 0 Å². The van der Waals surface area contributed by atoms with E-state index in [-0.39, 0.29) is 10.5 Å². The van der Waals surface area contributed by atoms with E-state index in [1.54, 1.807) is 25.1 Å². The molecular formula is C16H15N3O3S. The molecule has 0 fully saturated rings. The minimum absolute atomic E-state index is 0.0533. The van der Waals surface area contributed by atoms with Crippen molar-refractivity contribution in [3.05, 3.63) is 59.5 Å². The molecule has 0 radical (unpaired) electrons. The summed E-state index contributed by atoms with van der Waals surface area (Å²) in [7, 11) is -3.88. The van der Waals surface area contributed by atoms with E-state index in [1.165, 1.54) is 18.5 Å². The van der Waals surface area contributed by atoms with Crippen LogP contribution in [0.4, 0.5) is 0 Å². The molecule has 2 N–H and O–H groups in total. The van der Waals surface area contributed by atoms with Crippen LogP contribution < -0.4 is 5.73 Å². The van der Waals surface area contributed by atoms with Gasteiger partial charge in [0, 0.05) is 23.5 Å². The van der Waals surface area contributed by atoms with Gasteiger partial charge in [-0.1, -0.05) is 12.1 Å². The summed E-state index contributed by atoms with van der Waals surface area (Å²) in [6.45, 7) is 3.39. The van der Waals surface area contributed by atoms with Crippen molar-refractivity contribution in [1.29, 1.82) is 0 Å². The molecule has 6 nitrogen and oxygen atoms in total. The Labute approximate surface area is 133 Å². The molecule has 0 aliphatic rings. The Bertz CT molecular complexity index is 1020. The lowest BCUT2D eigenvalue weighted by Gasteiger charge is -2.09. The predicted octanol–water partition coefficient (Wildman–Crippen LogP) is 1.99. The zero-order chi connectivity index (χ0) is 16.8. The highest BCUT2D eigenvalue weighted by atomic mass is 32.2. The number of carbonyl (C=O) groups excluding carboxylic acids is 1. The quantitative estimate of drug-likeness (QED) is 0.795. The lowest BCUT2D eigenvalue weighted by molar-refractivity contribution is 0.100. The molecular weight excluding hydrogens is 314 g/mol. The highest BCUT2D eigenvalue weighted by Crippen LogP contribution is 2.31. The fraction of sp³-hybridized carbons (Fsp3) is 0.125. The molecule has 3 aromatic rings. The van der Waals surface area contributed by atoms with Gasteiger partial charge in [0.2, 0.25) is 0 Å². The number of amides is 1. The minimum atomic E-state index is -3.88. The number of rotatable bonds is 3. The maximum atomic E-state index is 13.0. The zero-order valence-electron chi connectivity index (χ0n) is 12.6. The van der Waals surface area contributed by atoms with Gasteiger partial charge in [0.05, 0.1) is 11.1 Å². The van der Waals surface area contributed by atoms with Crippen LogP contribution in [0, 0.1) is 13.8 Å². The maximum Gasteiger partial charge on any atom is 0.269 e. The molecule has 0 saturated carbocycles. The largest absolute Gasteiger partial charge is 0.366 e. The van der Waals surface area contributed by atoms with Gasteiger partial charge >= 0.3 is 0 Å². The van der Waals surface area contributed by atoms with Gasteiger partial charge < -0.3 is 5.73 Å². The highest BCUT2D eigenvalue weighted by Gasteiger charge is 2.27. The van der Waals surface area contributed by atoms with Crippen LogP contribution in [-0.4, -0.2) is 23.3 Å². The number of carbonyl (C=O) groups is 1. The fourth-order valence-electron chi connectivity index (χ4n) is 2.83. The molecule has 0 atom stereocenters. The first-order valence-corrected chi connectivity index (χ1v) is 8.35. The van der Waals surface area contributed by atoms with Gasteiger partial charge in [-0.25, -0.2) is 12.4 Å². The summed E-state index contributed by atoms with van der Waals surface area (Å²) in [5.74, 6) is -0.651. The summed E-state index contributed by atoms with van der Waals surface area (Å²) in [5, 5.41) is 0.560. The number of nitrogens with zero attached hydrogens (tertiary/aromatic N) is 2. The molecule has 2 aromatic heterocycles. The second-order valence-electron chi connectivity index (χ2n) is 5.25. The molecule has 7 heteroatoms. The average molecular weight is 329 g/mol. The van der Waals surface area contributed by atoms with Crippen molar-refractivity contribution < 1.29 is 13.2 Å². The van der Waals surface area contributed by atoms with E-state index >= 15 is 0 Å². The first-order valence-electron chi connectivity index (χ1n) is 6.91. The molecule has 0 aliphatic heterocycles. The summed E-state index contributed by atoms with van der Waals surface area (Å²) in [5.41, 5.74) is 7.23. The number of hydrogen-bond acceptors (Lipinski definition) is 4. The van der Waals surface area contributed by atoms with Gasteiger partial charge in [0.1, 0.15) is 4.90 Å². The van der Waals surface area contributed by atoms with E-state index in [0.29, 0.717) is 16.6 Å². The fourth-order valence-corrected chi connectivity index (χ4v) is 4.34. The lowest BCUT2D eigenvalue weighted by atomic mass is 10.1. The molecule has 0 bridgehead atoms. The summed E-state index contributed by atoms with van der Waals surface area (Å²) in [6.07, 6.45) is 2.78. The van der Waals surface area contributed by atoms with Crippen molar-refractivity contribution in [2.24, 2.45) is 5.73 Å². The SMILES string of the molecule is Cc1cccc2c1c(C(N)=O)c(C)n2S(=O)(=O)c1cccnc1. The summed E-state index contributed by atoms with van der Waals surface area (Å²) in [6, 6.07) is 8.24. The third-order valence-corrected chi connectivity index (χ3v) is 5.59. The second-order valence-corrected chi connectivity index (χ2v) is 7.04. The molecule has 23 heavy (non-hydrogen) atoms. The smallest absolute Gasteiger partial charge is 0.269 e. The number of benzene rings is 1. The molecule has 2 heterocycles. The van der Waals surface area contributed by atoms with E-state index < -0.39 is 15.9 Å². The number of aryl methyl sites for hydroxylation is 1. The maximum absolute atomic E-state index is 13.0. The number of hydrogen-bond donors (Lipinski definition) is 1. The van der Waals surface area contributed by atoms with Crippen molar-refractivity contribution in [2.45, 2.75) is 18.7 Å². The number of fused-ring (bicyclic) bond motifs is 1. The molecule has 1 amide bonds.